The fourth-order valence-corrected chi connectivity index (χ4v) is 4.86. The van der Waals surface area contributed by atoms with E-state index < -0.39 is 28.1 Å². The van der Waals surface area contributed by atoms with E-state index in [0.717, 1.165) is 10.8 Å². The van der Waals surface area contributed by atoms with Crippen molar-refractivity contribution >= 4 is 32.7 Å². The van der Waals surface area contributed by atoms with E-state index in [0.29, 0.717) is 18.9 Å². The fourth-order valence-electron chi connectivity index (χ4n) is 3.52. The van der Waals surface area contributed by atoms with Gasteiger partial charge in [-0.25, -0.2) is 28.6 Å². The molecule has 10 nitrogen and oxygen atoms in total. The number of carbonyl (C=O) groups is 1. The fraction of sp³-hybridized carbons (Fsp3) is 0.250. The maximum Gasteiger partial charge on any atom is 0.277 e. The number of aromatic nitrogens is 2. The smallest absolute Gasteiger partial charge is 0.277 e. The Morgan fingerprint density at radius 3 is 2.48 bits per heavy atom. The number of aliphatic hydroxyl groups is 1. The van der Waals surface area contributed by atoms with Crippen LogP contribution in [0, 0.1) is 0 Å². The Balaban J connectivity index is 1.44. The second-order valence-corrected chi connectivity index (χ2v) is 8.97. The maximum absolute atomic E-state index is 12.9. The Bertz CT molecular complexity index is 1200. The lowest BCUT2D eigenvalue weighted by molar-refractivity contribution is 0.0705. The molecule has 1 aliphatic rings. The molecule has 1 aliphatic heterocycles. The molecule has 0 radical (unpaired) electrons. The summed E-state index contributed by atoms with van der Waals surface area (Å²) in [5, 5.41) is 20.9. The first-order valence-electron chi connectivity index (χ1n) is 9.58. The topological polar surface area (TPSA) is 145 Å². The number of hydrogen-bond acceptors (Lipinski definition) is 8. The molecular formula is C20H21N5O5S. The van der Waals surface area contributed by atoms with E-state index in [1.54, 1.807) is 23.1 Å². The van der Waals surface area contributed by atoms with Crippen LogP contribution in [0.25, 0.3) is 10.8 Å². The molecule has 31 heavy (non-hydrogen) atoms. The van der Waals surface area contributed by atoms with Crippen LogP contribution in [0.2, 0.25) is 0 Å². The average molecular weight is 443 g/mol. The number of aliphatic hydroxyl groups excluding tert-OH is 1. The predicted octanol–water partition coefficient (Wildman–Crippen LogP) is 0.667. The molecule has 0 unspecified atom stereocenters. The summed E-state index contributed by atoms with van der Waals surface area (Å²) in [5.74, 6) is -0.433. The Hall–Kier alpha value is -3.12. The molecule has 2 atom stereocenters. The second kappa shape index (κ2) is 8.55. The lowest BCUT2D eigenvalue weighted by Gasteiger charge is -2.36. The maximum atomic E-state index is 12.9. The summed E-state index contributed by atoms with van der Waals surface area (Å²) >= 11 is 0. The SMILES string of the molecule is O=C(NO)c1cnc(N2CC[C@H](NS(=O)(=O)c3ccc4ccccc4c3)[C@H](O)C2)nc1. The normalized spacial score (nSPS) is 19.4. The number of hydrogen-bond donors (Lipinski definition) is 4. The van der Waals surface area contributed by atoms with Crippen LogP contribution in [-0.4, -0.2) is 59.8 Å². The Labute approximate surface area is 178 Å². The number of nitrogens with one attached hydrogen (secondary N) is 2. The third-order valence-corrected chi connectivity index (χ3v) is 6.69. The van der Waals surface area contributed by atoms with E-state index in [9.17, 15) is 18.3 Å². The number of sulfonamides is 1. The van der Waals surface area contributed by atoms with E-state index in [4.69, 9.17) is 5.21 Å². The van der Waals surface area contributed by atoms with Gasteiger partial charge in [0, 0.05) is 25.5 Å². The highest BCUT2D eigenvalue weighted by Crippen LogP contribution is 2.22. The number of amides is 1. The summed E-state index contributed by atoms with van der Waals surface area (Å²) in [5.41, 5.74) is 1.59. The molecule has 0 bridgehead atoms. The van der Waals surface area contributed by atoms with Crippen molar-refractivity contribution < 1.29 is 23.5 Å². The van der Waals surface area contributed by atoms with Crippen molar-refractivity contribution in [3.8, 4) is 0 Å². The molecule has 0 aliphatic carbocycles. The Kier molecular flexibility index (Phi) is 5.83. The Morgan fingerprint density at radius 1 is 1.10 bits per heavy atom. The molecule has 1 aromatic heterocycles. The van der Waals surface area contributed by atoms with Gasteiger partial charge in [0.05, 0.1) is 22.6 Å². The largest absolute Gasteiger partial charge is 0.390 e. The zero-order valence-corrected chi connectivity index (χ0v) is 17.2. The summed E-state index contributed by atoms with van der Waals surface area (Å²) in [7, 11) is -3.81. The van der Waals surface area contributed by atoms with Crippen LogP contribution in [-0.2, 0) is 10.0 Å². The highest BCUT2D eigenvalue weighted by Gasteiger charge is 2.32. The van der Waals surface area contributed by atoms with Gasteiger partial charge in [0.2, 0.25) is 16.0 Å². The zero-order valence-electron chi connectivity index (χ0n) is 16.3. The molecule has 0 spiro atoms. The first-order valence-corrected chi connectivity index (χ1v) is 11.1. The first-order chi connectivity index (χ1) is 14.9. The Morgan fingerprint density at radius 2 is 1.81 bits per heavy atom. The molecule has 2 aromatic carbocycles. The summed E-state index contributed by atoms with van der Waals surface area (Å²) in [6.07, 6.45) is 1.88. The number of hydroxylamine groups is 1. The van der Waals surface area contributed by atoms with Crippen LogP contribution in [0.1, 0.15) is 16.8 Å². The number of nitrogens with zero attached hydrogens (tertiary/aromatic N) is 3. The van der Waals surface area contributed by atoms with E-state index in [1.807, 2.05) is 24.3 Å². The minimum absolute atomic E-state index is 0.0878. The van der Waals surface area contributed by atoms with Crippen LogP contribution in [0.4, 0.5) is 5.95 Å². The number of fused-ring (bicyclic) bond motifs is 1. The van der Waals surface area contributed by atoms with E-state index in [1.165, 1.54) is 17.9 Å². The third kappa shape index (κ3) is 4.49. The molecular weight excluding hydrogens is 422 g/mol. The minimum atomic E-state index is -3.81. The molecule has 0 saturated carbocycles. The van der Waals surface area contributed by atoms with Gasteiger partial charge < -0.3 is 10.0 Å². The second-order valence-electron chi connectivity index (χ2n) is 7.25. The number of piperidine rings is 1. The predicted molar refractivity (Wildman–Crippen MR) is 112 cm³/mol. The van der Waals surface area contributed by atoms with Gasteiger partial charge in [0.1, 0.15) is 0 Å². The molecule has 4 N–H and O–H groups in total. The lowest BCUT2D eigenvalue weighted by atomic mass is 10.0. The number of carbonyl (C=O) groups excluding carboxylic acids is 1. The third-order valence-electron chi connectivity index (χ3n) is 5.20. The van der Waals surface area contributed by atoms with Gasteiger partial charge in [-0.3, -0.25) is 10.0 Å². The number of rotatable bonds is 5. The van der Waals surface area contributed by atoms with E-state index >= 15 is 0 Å². The van der Waals surface area contributed by atoms with Crippen molar-refractivity contribution in [3.63, 3.8) is 0 Å². The molecule has 1 fully saturated rings. The van der Waals surface area contributed by atoms with Crippen molar-refractivity contribution in [2.45, 2.75) is 23.5 Å². The molecule has 1 amide bonds. The summed E-state index contributed by atoms with van der Waals surface area (Å²) < 4.78 is 28.3. The van der Waals surface area contributed by atoms with Crippen molar-refractivity contribution in [1.82, 2.24) is 20.2 Å². The molecule has 3 aromatic rings. The molecule has 162 valence electrons. The zero-order chi connectivity index (χ0) is 22.0. The summed E-state index contributed by atoms with van der Waals surface area (Å²) in [6, 6.07) is 11.7. The standard InChI is InChI=1S/C20H21N5O5S/c26-18-12-25(20-21-10-15(11-22-20)19(27)23-28)8-7-17(18)24-31(29,30)16-6-5-13-3-1-2-4-14(13)9-16/h1-6,9-11,17-18,24,26,28H,7-8,12H2,(H,23,27)/t17-,18+/m0/s1. The van der Waals surface area contributed by atoms with Crippen LogP contribution in [0.3, 0.4) is 0 Å². The highest BCUT2D eigenvalue weighted by atomic mass is 32.2. The first kappa shape index (κ1) is 21.1. The van der Waals surface area contributed by atoms with Crippen molar-refractivity contribution in [2.75, 3.05) is 18.0 Å². The number of anilines is 1. The van der Waals surface area contributed by atoms with E-state index in [-0.39, 0.29) is 17.0 Å². The molecule has 4 rings (SSSR count). The molecule has 11 heteroatoms. The average Bonchev–Trinajstić information content (AvgIpc) is 2.79. The van der Waals surface area contributed by atoms with Gasteiger partial charge in [-0.1, -0.05) is 30.3 Å². The van der Waals surface area contributed by atoms with Gasteiger partial charge in [0.15, 0.2) is 0 Å². The van der Waals surface area contributed by atoms with Gasteiger partial charge >= 0.3 is 0 Å². The van der Waals surface area contributed by atoms with Crippen molar-refractivity contribution in [2.24, 2.45) is 0 Å². The van der Waals surface area contributed by atoms with Gasteiger partial charge in [-0.05, 0) is 29.3 Å². The lowest BCUT2D eigenvalue weighted by Crippen LogP contribution is -2.54. The van der Waals surface area contributed by atoms with Crippen LogP contribution in [0.5, 0.6) is 0 Å². The van der Waals surface area contributed by atoms with Crippen LogP contribution < -0.4 is 15.1 Å². The van der Waals surface area contributed by atoms with E-state index in [2.05, 4.69) is 14.7 Å². The quantitative estimate of drug-likeness (QED) is 0.333. The number of benzene rings is 2. The summed E-state index contributed by atoms with van der Waals surface area (Å²) in [6.45, 7) is 0.532. The van der Waals surface area contributed by atoms with Crippen LogP contribution in [0.15, 0.2) is 59.8 Å². The molecule has 1 saturated heterocycles. The monoisotopic (exact) mass is 443 g/mol. The molecule has 2 heterocycles. The van der Waals surface area contributed by atoms with Crippen molar-refractivity contribution in [3.05, 3.63) is 60.4 Å². The number of β-amino-alcohol motifs (C(OH)–C–C–N with tert-alkyl or cyclic N) is 1. The van der Waals surface area contributed by atoms with Gasteiger partial charge in [-0.2, -0.15) is 0 Å². The highest BCUT2D eigenvalue weighted by molar-refractivity contribution is 7.89. The van der Waals surface area contributed by atoms with Crippen LogP contribution >= 0.6 is 0 Å². The minimum Gasteiger partial charge on any atom is -0.390 e. The van der Waals surface area contributed by atoms with Crippen molar-refractivity contribution in [1.29, 1.82) is 0 Å². The summed E-state index contributed by atoms with van der Waals surface area (Å²) in [4.78, 5) is 21.3. The van der Waals surface area contributed by atoms with Gasteiger partial charge in [0.25, 0.3) is 5.91 Å². The van der Waals surface area contributed by atoms with Gasteiger partial charge in [-0.15, -0.1) is 0 Å².